The van der Waals surface area contributed by atoms with Crippen LogP contribution in [0.3, 0.4) is 0 Å². The van der Waals surface area contributed by atoms with E-state index in [1.807, 2.05) is 6.07 Å². The molecule has 0 saturated carbocycles. The summed E-state index contributed by atoms with van der Waals surface area (Å²) < 4.78 is 1.46. The van der Waals surface area contributed by atoms with Crippen LogP contribution in [-0.4, -0.2) is 33.4 Å². The Balaban J connectivity index is 0.000000490. The fourth-order valence-electron chi connectivity index (χ4n) is 0.534. The molecule has 0 aliphatic heterocycles. The quantitative estimate of drug-likeness (QED) is 0.417. The summed E-state index contributed by atoms with van der Waals surface area (Å²) in [6.07, 6.45) is 0. The molecular formula is C6H7NaO. The Labute approximate surface area is 66.4 Å². The maximum atomic E-state index is 2.15. The molecule has 0 atom stereocenters. The molecule has 0 aromatic heterocycles. The van der Waals surface area contributed by atoms with Gasteiger partial charge in [0.05, 0.1) is 0 Å². The summed E-state index contributed by atoms with van der Waals surface area (Å²) in [5.41, 5.74) is 0. The molecule has 1 nitrogen and oxygen atoms in total. The molecule has 0 aliphatic rings. The number of benzene rings is 1. The topological polar surface area (TPSA) is 31.5 Å². The first kappa shape index (κ1) is 8.18. The number of hydrogen-bond acceptors (Lipinski definition) is 0. The third-order valence-electron chi connectivity index (χ3n) is 0.940. The van der Waals surface area contributed by atoms with Crippen molar-refractivity contribution in [2.75, 3.05) is 0 Å². The third-order valence-corrected chi connectivity index (χ3v) is 1.61. The summed E-state index contributed by atoms with van der Waals surface area (Å²) in [4.78, 5) is 0. The van der Waals surface area contributed by atoms with Crippen molar-refractivity contribution in [3.8, 4) is 0 Å². The SMILES string of the molecule is O.[Na][c]1ccccc1. The summed E-state index contributed by atoms with van der Waals surface area (Å²) in [5, 5.41) is 0. The van der Waals surface area contributed by atoms with Crippen molar-refractivity contribution >= 4 is 30.7 Å². The van der Waals surface area contributed by atoms with Crippen LogP contribution in [0.15, 0.2) is 30.3 Å². The van der Waals surface area contributed by atoms with Gasteiger partial charge >= 0.3 is 61.1 Å². The van der Waals surface area contributed by atoms with E-state index in [0.29, 0.717) is 0 Å². The van der Waals surface area contributed by atoms with Gasteiger partial charge < -0.3 is 5.48 Å². The standard InChI is InChI=1S/C6H5.Na.H2O/c1-2-4-6-5-3-1;;/h1-5H;;1H2. The first-order chi connectivity index (χ1) is 3.39. The van der Waals surface area contributed by atoms with Crippen molar-refractivity contribution in [1.82, 2.24) is 0 Å². The first-order valence-corrected chi connectivity index (χ1v) is 3.41. The van der Waals surface area contributed by atoms with Gasteiger partial charge in [0.1, 0.15) is 0 Å². The van der Waals surface area contributed by atoms with Crippen molar-refractivity contribution in [2.24, 2.45) is 0 Å². The molecule has 0 fully saturated rings. The van der Waals surface area contributed by atoms with E-state index >= 15 is 0 Å². The Kier molecular flexibility index (Phi) is 4.19. The second kappa shape index (κ2) is 4.10. The Morgan fingerprint density at radius 2 is 1.50 bits per heavy atom. The van der Waals surface area contributed by atoms with Gasteiger partial charge in [-0.15, -0.1) is 0 Å². The molecule has 1 aromatic carbocycles. The van der Waals surface area contributed by atoms with Crippen molar-refractivity contribution in [2.45, 2.75) is 0 Å². The average Bonchev–Trinajstić information content (AvgIpc) is 1.69. The van der Waals surface area contributed by atoms with Crippen LogP contribution in [0.25, 0.3) is 0 Å². The van der Waals surface area contributed by atoms with E-state index in [-0.39, 0.29) is 5.48 Å². The van der Waals surface area contributed by atoms with E-state index in [9.17, 15) is 0 Å². The van der Waals surface area contributed by atoms with Crippen molar-refractivity contribution in [3.05, 3.63) is 30.3 Å². The summed E-state index contributed by atoms with van der Waals surface area (Å²) in [6, 6.07) is 10.5. The Bertz CT molecular complexity index is 138. The molecule has 0 aliphatic carbocycles. The van der Waals surface area contributed by atoms with E-state index in [2.05, 4.69) is 24.3 Å². The van der Waals surface area contributed by atoms with Gasteiger partial charge in [-0.3, -0.25) is 0 Å². The average molecular weight is 118 g/mol. The van der Waals surface area contributed by atoms with Crippen molar-refractivity contribution in [1.29, 1.82) is 0 Å². The minimum absolute atomic E-state index is 0. The van der Waals surface area contributed by atoms with Crippen LogP contribution in [0.1, 0.15) is 0 Å². The van der Waals surface area contributed by atoms with Crippen LogP contribution in [0.5, 0.6) is 0 Å². The van der Waals surface area contributed by atoms with Crippen LogP contribution in [0.2, 0.25) is 0 Å². The number of hydrogen-bond donors (Lipinski definition) is 0. The van der Waals surface area contributed by atoms with Crippen LogP contribution >= 0.6 is 0 Å². The normalized spacial score (nSPS) is 7.75. The Morgan fingerprint density at radius 1 is 1.00 bits per heavy atom. The molecule has 38 valence electrons. The van der Waals surface area contributed by atoms with Crippen molar-refractivity contribution in [3.63, 3.8) is 0 Å². The second-order valence-electron chi connectivity index (χ2n) is 1.65. The molecule has 0 bridgehead atoms. The maximum absolute atomic E-state index is 2.15. The predicted octanol–water partition coefficient (Wildman–Crippen LogP) is -0.344. The van der Waals surface area contributed by atoms with E-state index in [1.165, 1.54) is 30.7 Å². The summed E-state index contributed by atoms with van der Waals surface area (Å²) >= 11 is 1.17. The molecule has 1 aromatic rings. The van der Waals surface area contributed by atoms with Crippen LogP contribution in [-0.2, 0) is 0 Å². The van der Waals surface area contributed by atoms with E-state index < -0.39 is 0 Å². The van der Waals surface area contributed by atoms with E-state index in [4.69, 9.17) is 0 Å². The van der Waals surface area contributed by atoms with Gasteiger partial charge in [0.15, 0.2) is 0 Å². The fraction of sp³-hybridized carbons (Fsp3) is 0. The molecule has 0 amide bonds. The fourth-order valence-corrected chi connectivity index (χ4v) is 0.919. The molecule has 0 unspecified atom stereocenters. The second-order valence-corrected chi connectivity index (χ2v) is 2.81. The molecule has 0 saturated heterocycles. The molecule has 0 heterocycles. The van der Waals surface area contributed by atoms with Gasteiger partial charge in [-0.1, -0.05) is 0 Å². The van der Waals surface area contributed by atoms with Crippen LogP contribution in [0.4, 0.5) is 0 Å². The summed E-state index contributed by atoms with van der Waals surface area (Å²) in [6.45, 7) is 0. The van der Waals surface area contributed by atoms with Gasteiger partial charge in [-0.25, -0.2) is 0 Å². The zero-order valence-electron chi connectivity index (χ0n) is 4.89. The first-order valence-electron chi connectivity index (χ1n) is 2.41. The molecule has 0 spiro atoms. The molecule has 2 heteroatoms. The van der Waals surface area contributed by atoms with Gasteiger partial charge in [-0.05, 0) is 0 Å². The number of rotatable bonds is 0. The van der Waals surface area contributed by atoms with Crippen LogP contribution in [0, 0.1) is 0 Å². The molecular weight excluding hydrogens is 111 g/mol. The summed E-state index contributed by atoms with van der Waals surface area (Å²) in [7, 11) is 0. The van der Waals surface area contributed by atoms with Crippen LogP contribution < -0.4 is 2.81 Å². The minimum atomic E-state index is 0. The zero-order chi connectivity index (χ0) is 5.11. The summed E-state index contributed by atoms with van der Waals surface area (Å²) in [5.74, 6) is 0. The zero-order valence-corrected chi connectivity index (χ0v) is 6.89. The van der Waals surface area contributed by atoms with Gasteiger partial charge in [-0.2, -0.15) is 0 Å². The van der Waals surface area contributed by atoms with Gasteiger partial charge in [0, 0.05) is 0 Å². The predicted molar refractivity (Wildman–Crippen MR) is 35.4 cm³/mol. The van der Waals surface area contributed by atoms with E-state index in [0.717, 1.165) is 0 Å². The van der Waals surface area contributed by atoms with Gasteiger partial charge in [0.25, 0.3) is 0 Å². The molecule has 8 heavy (non-hydrogen) atoms. The van der Waals surface area contributed by atoms with E-state index in [1.54, 1.807) is 0 Å². The molecule has 1 rings (SSSR count). The van der Waals surface area contributed by atoms with Gasteiger partial charge in [0.2, 0.25) is 0 Å². The molecule has 2 N–H and O–H groups in total. The monoisotopic (exact) mass is 118 g/mol. The Hall–Kier alpha value is 0.180. The van der Waals surface area contributed by atoms with Crippen molar-refractivity contribution < 1.29 is 5.48 Å². The Morgan fingerprint density at radius 3 is 1.75 bits per heavy atom. The third kappa shape index (κ3) is 2.48. The molecule has 0 radical (unpaired) electrons.